The maximum Gasteiger partial charge on any atom is 0.325 e. The van der Waals surface area contributed by atoms with Gasteiger partial charge in [0, 0.05) is 0 Å². The van der Waals surface area contributed by atoms with Crippen molar-refractivity contribution in [2.75, 3.05) is 0 Å². The lowest BCUT2D eigenvalue weighted by Crippen LogP contribution is -2.11. The van der Waals surface area contributed by atoms with Crippen LogP contribution in [0.4, 0.5) is 0 Å². The third-order valence-electron chi connectivity index (χ3n) is 2.32. The summed E-state index contributed by atoms with van der Waals surface area (Å²) in [6, 6.07) is 3.81. The number of aliphatic carboxylic acids is 1. The number of carbonyl (C=O) groups is 1. The van der Waals surface area contributed by atoms with Crippen molar-refractivity contribution in [3.8, 4) is 10.7 Å². The van der Waals surface area contributed by atoms with Gasteiger partial charge in [0.1, 0.15) is 6.54 Å². The van der Waals surface area contributed by atoms with E-state index in [9.17, 15) is 4.79 Å². The molecule has 3 heterocycles. The first-order chi connectivity index (χ1) is 10.2. The molecule has 3 aromatic rings. The molecule has 21 heavy (non-hydrogen) atoms. The van der Waals surface area contributed by atoms with Crippen molar-refractivity contribution in [1.82, 2.24) is 30.3 Å². The Bertz CT molecular complexity index is 738. The Kier molecular flexibility index (Phi) is 3.92. The summed E-state index contributed by atoms with van der Waals surface area (Å²) in [6.07, 6.45) is 0. The summed E-state index contributed by atoms with van der Waals surface area (Å²) in [5, 5.41) is 25.7. The van der Waals surface area contributed by atoms with Gasteiger partial charge in [-0.3, -0.25) is 4.79 Å². The molecule has 0 aromatic carbocycles. The molecule has 1 N–H and O–H groups in total. The number of rotatable bonds is 6. The van der Waals surface area contributed by atoms with E-state index in [1.807, 2.05) is 17.5 Å². The van der Waals surface area contributed by atoms with Crippen molar-refractivity contribution in [2.45, 2.75) is 17.5 Å². The second kappa shape index (κ2) is 6.01. The van der Waals surface area contributed by atoms with Gasteiger partial charge >= 0.3 is 5.97 Å². The van der Waals surface area contributed by atoms with Crippen LogP contribution in [0.5, 0.6) is 0 Å². The molecule has 0 atom stereocenters. The quantitative estimate of drug-likeness (QED) is 0.666. The molecule has 108 valence electrons. The summed E-state index contributed by atoms with van der Waals surface area (Å²) in [6.45, 7) is -0.292. The van der Waals surface area contributed by atoms with E-state index in [0.29, 0.717) is 22.6 Å². The SMILES string of the molecule is O=C(O)Cn1nnnc1SCc1nc(-c2cccs2)no1. The fraction of sp³-hybridized carbons (Fsp3) is 0.200. The number of aromatic nitrogens is 6. The molecule has 0 saturated heterocycles. The zero-order valence-electron chi connectivity index (χ0n) is 10.4. The molecule has 0 unspecified atom stereocenters. The van der Waals surface area contributed by atoms with Crippen LogP contribution in [-0.2, 0) is 17.1 Å². The first-order valence-electron chi connectivity index (χ1n) is 5.69. The number of carboxylic acid groups (broad SMARTS) is 1. The zero-order valence-corrected chi connectivity index (χ0v) is 12.0. The largest absolute Gasteiger partial charge is 0.480 e. The molecular weight excluding hydrogens is 316 g/mol. The van der Waals surface area contributed by atoms with E-state index in [0.717, 1.165) is 4.88 Å². The summed E-state index contributed by atoms with van der Waals surface area (Å²) in [5.74, 6) is 0.305. The van der Waals surface area contributed by atoms with Crippen molar-refractivity contribution >= 4 is 29.1 Å². The number of nitrogens with zero attached hydrogens (tertiary/aromatic N) is 6. The Morgan fingerprint density at radius 1 is 1.52 bits per heavy atom. The van der Waals surface area contributed by atoms with Gasteiger partial charge in [-0.05, 0) is 21.9 Å². The molecule has 0 bridgehead atoms. The van der Waals surface area contributed by atoms with E-state index >= 15 is 0 Å². The van der Waals surface area contributed by atoms with E-state index in [2.05, 4.69) is 25.7 Å². The van der Waals surface area contributed by atoms with Crippen LogP contribution in [0.3, 0.4) is 0 Å². The van der Waals surface area contributed by atoms with E-state index in [1.165, 1.54) is 27.8 Å². The minimum Gasteiger partial charge on any atom is -0.480 e. The van der Waals surface area contributed by atoms with Gasteiger partial charge in [-0.1, -0.05) is 23.0 Å². The highest BCUT2D eigenvalue weighted by molar-refractivity contribution is 7.98. The van der Waals surface area contributed by atoms with E-state index in [1.54, 1.807) is 0 Å². The zero-order chi connectivity index (χ0) is 14.7. The Labute approximate surface area is 126 Å². The average Bonchev–Trinajstić information content (AvgIpc) is 3.17. The van der Waals surface area contributed by atoms with Gasteiger partial charge in [0.15, 0.2) is 0 Å². The molecule has 0 aliphatic rings. The number of hydrogen-bond donors (Lipinski definition) is 1. The molecule has 11 heteroatoms. The van der Waals surface area contributed by atoms with E-state index in [-0.39, 0.29) is 6.54 Å². The minimum atomic E-state index is -1.01. The fourth-order valence-corrected chi connectivity index (χ4v) is 2.84. The lowest BCUT2D eigenvalue weighted by atomic mass is 10.4. The number of hydrogen-bond acceptors (Lipinski definition) is 9. The fourth-order valence-electron chi connectivity index (χ4n) is 1.47. The van der Waals surface area contributed by atoms with E-state index < -0.39 is 5.97 Å². The Morgan fingerprint density at radius 3 is 3.19 bits per heavy atom. The average molecular weight is 324 g/mol. The van der Waals surface area contributed by atoms with Gasteiger partial charge in [0.05, 0.1) is 10.6 Å². The third kappa shape index (κ3) is 3.25. The Morgan fingerprint density at radius 2 is 2.43 bits per heavy atom. The molecule has 3 rings (SSSR count). The third-order valence-corrected chi connectivity index (χ3v) is 4.13. The second-order valence-electron chi connectivity index (χ2n) is 3.79. The maximum atomic E-state index is 10.7. The Balaban J connectivity index is 1.66. The van der Waals surface area contributed by atoms with Crippen LogP contribution in [0.25, 0.3) is 10.7 Å². The van der Waals surface area contributed by atoms with Crippen LogP contribution in [0, 0.1) is 0 Å². The van der Waals surface area contributed by atoms with Crippen molar-refractivity contribution in [3.63, 3.8) is 0 Å². The topological polar surface area (TPSA) is 120 Å². The summed E-state index contributed by atoms with van der Waals surface area (Å²) < 4.78 is 6.34. The molecule has 9 nitrogen and oxygen atoms in total. The molecule has 0 fully saturated rings. The first kappa shape index (κ1) is 13.7. The standard InChI is InChI=1S/C10H8N6O3S2/c17-8(18)4-16-10(12-14-15-16)21-5-7-11-9(13-19-7)6-2-1-3-20-6/h1-3H,4-5H2,(H,17,18). The summed E-state index contributed by atoms with van der Waals surface area (Å²) in [4.78, 5) is 15.8. The molecule has 0 radical (unpaired) electrons. The van der Waals surface area contributed by atoms with Crippen molar-refractivity contribution < 1.29 is 14.4 Å². The van der Waals surface area contributed by atoms with Crippen LogP contribution < -0.4 is 0 Å². The number of carboxylic acids is 1. The second-order valence-corrected chi connectivity index (χ2v) is 5.68. The highest BCUT2D eigenvalue weighted by atomic mass is 32.2. The smallest absolute Gasteiger partial charge is 0.325 e. The van der Waals surface area contributed by atoms with E-state index in [4.69, 9.17) is 9.63 Å². The monoisotopic (exact) mass is 324 g/mol. The van der Waals surface area contributed by atoms with Crippen LogP contribution in [0.15, 0.2) is 27.2 Å². The van der Waals surface area contributed by atoms with Gasteiger partial charge < -0.3 is 9.63 Å². The van der Waals surface area contributed by atoms with Gasteiger partial charge in [-0.15, -0.1) is 16.4 Å². The molecule has 0 saturated carbocycles. The molecular formula is C10H8N6O3S2. The predicted octanol–water partition coefficient (Wildman–Crippen LogP) is 1.16. The number of thiophene rings is 1. The number of tetrazole rings is 1. The Hall–Kier alpha value is -2.27. The maximum absolute atomic E-state index is 10.7. The van der Waals surface area contributed by atoms with Crippen LogP contribution in [-0.4, -0.2) is 41.4 Å². The normalized spacial score (nSPS) is 10.9. The van der Waals surface area contributed by atoms with Crippen LogP contribution in [0.2, 0.25) is 0 Å². The summed E-state index contributed by atoms with van der Waals surface area (Å²) in [5.41, 5.74) is 0. The van der Waals surface area contributed by atoms with Gasteiger partial charge in [0.2, 0.25) is 16.9 Å². The van der Waals surface area contributed by atoms with Gasteiger partial charge in [-0.25, -0.2) is 4.68 Å². The molecule has 0 spiro atoms. The highest BCUT2D eigenvalue weighted by Crippen LogP contribution is 2.24. The molecule has 0 amide bonds. The van der Waals surface area contributed by atoms with Crippen LogP contribution in [0.1, 0.15) is 5.89 Å². The number of thioether (sulfide) groups is 1. The lowest BCUT2D eigenvalue weighted by Gasteiger charge is -1.98. The van der Waals surface area contributed by atoms with Crippen molar-refractivity contribution in [1.29, 1.82) is 0 Å². The van der Waals surface area contributed by atoms with Gasteiger partial charge in [0.25, 0.3) is 0 Å². The molecule has 0 aliphatic carbocycles. The molecule has 3 aromatic heterocycles. The first-order valence-corrected chi connectivity index (χ1v) is 7.56. The highest BCUT2D eigenvalue weighted by Gasteiger charge is 2.14. The van der Waals surface area contributed by atoms with Gasteiger partial charge in [-0.2, -0.15) is 4.98 Å². The minimum absolute atomic E-state index is 0.292. The van der Waals surface area contributed by atoms with Crippen molar-refractivity contribution in [3.05, 3.63) is 23.4 Å². The lowest BCUT2D eigenvalue weighted by molar-refractivity contribution is -0.138. The summed E-state index contributed by atoms with van der Waals surface area (Å²) >= 11 is 2.75. The molecule has 0 aliphatic heterocycles. The van der Waals surface area contributed by atoms with Crippen LogP contribution >= 0.6 is 23.1 Å². The van der Waals surface area contributed by atoms with Crippen molar-refractivity contribution in [2.24, 2.45) is 0 Å². The predicted molar refractivity (Wildman–Crippen MR) is 72.6 cm³/mol. The summed E-state index contributed by atoms with van der Waals surface area (Å²) in [7, 11) is 0.